The lowest BCUT2D eigenvalue weighted by molar-refractivity contribution is -0.117. The van der Waals surface area contributed by atoms with Crippen molar-refractivity contribution in [3.63, 3.8) is 0 Å². The monoisotopic (exact) mass is 340 g/mol. The fourth-order valence-electron chi connectivity index (χ4n) is 2.03. The summed E-state index contributed by atoms with van der Waals surface area (Å²) in [5.41, 5.74) is 0.141. The minimum absolute atomic E-state index is 0.0788. The van der Waals surface area contributed by atoms with Gasteiger partial charge in [0.05, 0.1) is 18.3 Å². The zero-order valence-corrected chi connectivity index (χ0v) is 12.3. The fraction of sp³-hybridized carbons (Fsp3) is 0.385. The number of hydrogen-bond acceptors (Lipinski definition) is 4. The number of benzene rings is 1. The maximum Gasteiger partial charge on any atom is 0.238 e. The smallest absolute Gasteiger partial charge is 0.238 e. The van der Waals surface area contributed by atoms with E-state index in [0.29, 0.717) is 17.6 Å². The molecule has 1 saturated heterocycles. The molecule has 0 radical (unpaired) electrons. The van der Waals surface area contributed by atoms with Crippen LogP contribution in [0.25, 0.3) is 0 Å². The molecule has 2 rings (SSSR count). The van der Waals surface area contributed by atoms with Crippen molar-refractivity contribution in [3.05, 3.63) is 28.5 Å². The Kier molecular flexibility index (Phi) is 5.06. The van der Waals surface area contributed by atoms with Gasteiger partial charge >= 0.3 is 0 Å². The molecular formula is C13H14BrFN4O. The zero-order valence-electron chi connectivity index (χ0n) is 10.7. The zero-order chi connectivity index (χ0) is 14.5. The molecule has 0 aromatic heterocycles. The van der Waals surface area contributed by atoms with Gasteiger partial charge < -0.3 is 10.6 Å². The fourth-order valence-corrected chi connectivity index (χ4v) is 2.36. The average Bonchev–Trinajstić information content (AvgIpc) is 2.42. The van der Waals surface area contributed by atoms with E-state index in [2.05, 4.69) is 32.6 Å². The van der Waals surface area contributed by atoms with Crippen molar-refractivity contribution >= 4 is 27.5 Å². The molecular weight excluding hydrogens is 327 g/mol. The van der Waals surface area contributed by atoms with Gasteiger partial charge in [-0.2, -0.15) is 5.26 Å². The summed E-state index contributed by atoms with van der Waals surface area (Å²) in [4.78, 5) is 13.7. The molecule has 0 aliphatic carbocycles. The van der Waals surface area contributed by atoms with Crippen LogP contribution in [0, 0.1) is 17.1 Å². The Morgan fingerprint density at radius 2 is 2.45 bits per heavy atom. The molecule has 106 valence electrons. The van der Waals surface area contributed by atoms with Gasteiger partial charge in [0, 0.05) is 24.1 Å². The molecule has 1 unspecified atom stereocenters. The SMILES string of the molecule is N#CC1CNCCN1CC(=O)Nc1ccc(Br)cc1F. The molecule has 1 aromatic rings. The first-order valence-electron chi connectivity index (χ1n) is 6.19. The summed E-state index contributed by atoms with van der Waals surface area (Å²) in [5, 5.41) is 14.6. The van der Waals surface area contributed by atoms with Crippen molar-refractivity contribution in [2.45, 2.75) is 6.04 Å². The maximum atomic E-state index is 13.6. The second-order valence-electron chi connectivity index (χ2n) is 4.49. The number of anilines is 1. The van der Waals surface area contributed by atoms with Crippen molar-refractivity contribution in [1.82, 2.24) is 10.2 Å². The normalized spacial score (nSPS) is 19.4. The Hall–Kier alpha value is -1.49. The van der Waals surface area contributed by atoms with Gasteiger partial charge in [0.25, 0.3) is 0 Å². The molecule has 0 spiro atoms. The van der Waals surface area contributed by atoms with Gasteiger partial charge in [-0.1, -0.05) is 15.9 Å². The van der Waals surface area contributed by atoms with E-state index in [1.165, 1.54) is 12.1 Å². The third kappa shape index (κ3) is 3.76. The molecule has 1 aromatic carbocycles. The van der Waals surface area contributed by atoms with E-state index in [-0.39, 0.29) is 24.2 Å². The van der Waals surface area contributed by atoms with Crippen LogP contribution in [0.1, 0.15) is 0 Å². The Bertz CT molecular complexity index is 546. The first-order valence-corrected chi connectivity index (χ1v) is 6.98. The van der Waals surface area contributed by atoms with Crippen molar-refractivity contribution in [1.29, 1.82) is 5.26 Å². The van der Waals surface area contributed by atoms with Crippen LogP contribution in [0.15, 0.2) is 22.7 Å². The first-order chi connectivity index (χ1) is 9.60. The van der Waals surface area contributed by atoms with Gasteiger partial charge in [0.15, 0.2) is 0 Å². The second-order valence-corrected chi connectivity index (χ2v) is 5.41. The molecule has 1 atom stereocenters. The van der Waals surface area contributed by atoms with E-state index in [0.717, 1.165) is 6.54 Å². The minimum Gasteiger partial charge on any atom is -0.322 e. The van der Waals surface area contributed by atoms with E-state index in [1.807, 2.05) is 0 Å². The number of carbonyl (C=O) groups is 1. The van der Waals surface area contributed by atoms with E-state index in [1.54, 1.807) is 11.0 Å². The summed E-state index contributed by atoms with van der Waals surface area (Å²) in [6.45, 7) is 1.97. The highest BCUT2D eigenvalue weighted by atomic mass is 79.9. The van der Waals surface area contributed by atoms with Gasteiger partial charge in [0.2, 0.25) is 5.91 Å². The molecule has 20 heavy (non-hydrogen) atoms. The Labute approximate surface area is 124 Å². The number of piperazine rings is 1. The van der Waals surface area contributed by atoms with Crippen LogP contribution in [0.2, 0.25) is 0 Å². The standard InChI is InChI=1S/C13H14BrFN4O/c14-9-1-2-12(11(15)5-9)18-13(20)8-19-4-3-17-7-10(19)6-16/h1-2,5,10,17H,3-4,7-8H2,(H,18,20). The number of hydrogen-bond donors (Lipinski definition) is 2. The van der Waals surface area contributed by atoms with Gasteiger partial charge in [0.1, 0.15) is 11.9 Å². The van der Waals surface area contributed by atoms with Crippen LogP contribution in [0.5, 0.6) is 0 Å². The van der Waals surface area contributed by atoms with E-state index >= 15 is 0 Å². The predicted octanol–water partition coefficient (Wildman–Crippen LogP) is 1.32. The van der Waals surface area contributed by atoms with Crippen LogP contribution in [0.4, 0.5) is 10.1 Å². The van der Waals surface area contributed by atoms with Crippen molar-refractivity contribution < 1.29 is 9.18 Å². The van der Waals surface area contributed by atoms with Crippen LogP contribution in [-0.2, 0) is 4.79 Å². The molecule has 1 aliphatic rings. The topological polar surface area (TPSA) is 68.2 Å². The van der Waals surface area contributed by atoms with Gasteiger partial charge in [-0.05, 0) is 18.2 Å². The number of carbonyl (C=O) groups excluding carboxylic acids is 1. The third-order valence-electron chi connectivity index (χ3n) is 3.06. The highest BCUT2D eigenvalue weighted by molar-refractivity contribution is 9.10. The van der Waals surface area contributed by atoms with E-state index < -0.39 is 5.82 Å². The Balaban J connectivity index is 1.96. The lowest BCUT2D eigenvalue weighted by atomic mass is 10.2. The van der Waals surface area contributed by atoms with Crippen LogP contribution in [-0.4, -0.2) is 43.0 Å². The molecule has 1 heterocycles. The lowest BCUT2D eigenvalue weighted by Crippen LogP contribution is -2.52. The summed E-state index contributed by atoms with van der Waals surface area (Å²) in [5.74, 6) is -0.821. The van der Waals surface area contributed by atoms with Crippen molar-refractivity contribution in [2.24, 2.45) is 0 Å². The number of rotatable bonds is 3. The van der Waals surface area contributed by atoms with Crippen LogP contribution in [0.3, 0.4) is 0 Å². The summed E-state index contributed by atoms with van der Waals surface area (Å²) >= 11 is 3.16. The number of nitrogens with zero attached hydrogens (tertiary/aromatic N) is 2. The second kappa shape index (κ2) is 6.79. The summed E-state index contributed by atoms with van der Waals surface area (Å²) in [6, 6.07) is 6.26. The van der Waals surface area contributed by atoms with Gasteiger partial charge in [-0.3, -0.25) is 9.69 Å². The lowest BCUT2D eigenvalue weighted by Gasteiger charge is -2.31. The largest absolute Gasteiger partial charge is 0.322 e. The maximum absolute atomic E-state index is 13.6. The Morgan fingerprint density at radius 1 is 1.65 bits per heavy atom. The Morgan fingerprint density at radius 3 is 3.15 bits per heavy atom. The van der Waals surface area contributed by atoms with Crippen LogP contribution >= 0.6 is 15.9 Å². The number of nitrogens with one attached hydrogen (secondary N) is 2. The molecule has 1 aliphatic heterocycles. The van der Waals surface area contributed by atoms with Crippen molar-refractivity contribution in [2.75, 3.05) is 31.5 Å². The number of nitriles is 1. The molecule has 5 nitrogen and oxygen atoms in total. The summed E-state index contributed by atoms with van der Waals surface area (Å²) in [7, 11) is 0. The molecule has 0 saturated carbocycles. The van der Waals surface area contributed by atoms with Crippen LogP contribution < -0.4 is 10.6 Å². The van der Waals surface area contributed by atoms with E-state index in [4.69, 9.17) is 5.26 Å². The predicted molar refractivity (Wildman–Crippen MR) is 76.6 cm³/mol. The quantitative estimate of drug-likeness (QED) is 0.870. The summed E-state index contributed by atoms with van der Waals surface area (Å²) < 4.78 is 14.2. The minimum atomic E-state index is -0.495. The van der Waals surface area contributed by atoms with Crippen molar-refractivity contribution in [3.8, 4) is 6.07 Å². The molecule has 1 amide bonds. The number of halogens is 2. The molecule has 0 bridgehead atoms. The van der Waals surface area contributed by atoms with E-state index in [9.17, 15) is 9.18 Å². The highest BCUT2D eigenvalue weighted by Gasteiger charge is 2.23. The molecule has 1 fully saturated rings. The summed E-state index contributed by atoms with van der Waals surface area (Å²) in [6.07, 6.45) is 0. The first kappa shape index (κ1) is 14.9. The highest BCUT2D eigenvalue weighted by Crippen LogP contribution is 2.19. The average molecular weight is 341 g/mol. The van der Waals surface area contributed by atoms with Gasteiger partial charge in [-0.15, -0.1) is 0 Å². The number of amides is 1. The third-order valence-corrected chi connectivity index (χ3v) is 3.55. The molecule has 2 N–H and O–H groups in total. The molecule has 7 heteroatoms. The van der Waals surface area contributed by atoms with Gasteiger partial charge in [-0.25, -0.2) is 4.39 Å².